The van der Waals surface area contributed by atoms with E-state index in [-0.39, 0.29) is 22.1 Å². The SMILES string of the molecule is COC(=O)COc1cc(C(=O)OC)sc1C(=O)OC. The number of carbonyl (C=O) groups is 3. The van der Waals surface area contributed by atoms with Gasteiger partial charge < -0.3 is 18.9 Å². The van der Waals surface area contributed by atoms with Crippen molar-refractivity contribution in [2.24, 2.45) is 0 Å². The molecule has 1 rings (SSSR count). The minimum Gasteiger partial charge on any atom is -0.480 e. The second-order valence-electron chi connectivity index (χ2n) is 3.15. The summed E-state index contributed by atoms with van der Waals surface area (Å²) in [7, 11) is 3.62. The largest absolute Gasteiger partial charge is 0.480 e. The molecule has 0 saturated carbocycles. The van der Waals surface area contributed by atoms with Crippen LogP contribution in [0.2, 0.25) is 0 Å². The van der Waals surface area contributed by atoms with E-state index in [2.05, 4.69) is 14.2 Å². The van der Waals surface area contributed by atoms with E-state index < -0.39 is 17.9 Å². The van der Waals surface area contributed by atoms with Gasteiger partial charge in [-0.15, -0.1) is 11.3 Å². The number of hydrogen-bond acceptors (Lipinski definition) is 8. The molecule has 0 atom stereocenters. The maximum atomic E-state index is 11.5. The Morgan fingerprint density at radius 1 is 1.05 bits per heavy atom. The van der Waals surface area contributed by atoms with Gasteiger partial charge in [-0.1, -0.05) is 0 Å². The number of esters is 3. The molecule has 7 nitrogen and oxygen atoms in total. The van der Waals surface area contributed by atoms with Crippen molar-refractivity contribution in [3.63, 3.8) is 0 Å². The van der Waals surface area contributed by atoms with Gasteiger partial charge in [-0.3, -0.25) is 0 Å². The fraction of sp³-hybridized carbons (Fsp3) is 0.364. The van der Waals surface area contributed by atoms with Crippen LogP contribution in [-0.2, 0) is 19.0 Å². The minimum atomic E-state index is -0.667. The van der Waals surface area contributed by atoms with Gasteiger partial charge in [-0.05, 0) is 0 Å². The molecule has 0 radical (unpaired) electrons. The number of carbonyl (C=O) groups excluding carboxylic acids is 3. The van der Waals surface area contributed by atoms with Crippen molar-refractivity contribution in [2.45, 2.75) is 0 Å². The van der Waals surface area contributed by atoms with Gasteiger partial charge in [-0.2, -0.15) is 0 Å². The summed E-state index contributed by atoms with van der Waals surface area (Å²) in [6.45, 7) is -0.377. The van der Waals surface area contributed by atoms with E-state index in [1.165, 1.54) is 27.4 Å². The van der Waals surface area contributed by atoms with E-state index in [1.807, 2.05) is 0 Å². The molecule has 1 aromatic heterocycles. The third kappa shape index (κ3) is 3.68. The van der Waals surface area contributed by atoms with Crippen molar-refractivity contribution >= 4 is 29.2 Å². The van der Waals surface area contributed by atoms with Crippen molar-refractivity contribution in [1.82, 2.24) is 0 Å². The Labute approximate surface area is 113 Å². The third-order valence-corrected chi connectivity index (χ3v) is 3.10. The Balaban J connectivity index is 2.99. The van der Waals surface area contributed by atoms with Crippen LogP contribution in [0.25, 0.3) is 0 Å². The summed E-state index contributed by atoms with van der Waals surface area (Å²) in [6.07, 6.45) is 0. The summed E-state index contributed by atoms with van der Waals surface area (Å²) in [5.41, 5.74) is 0. The molecular formula is C11H12O7S. The molecule has 0 unspecified atom stereocenters. The lowest BCUT2D eigenvalue weighted by Crippen LogP contribution is -2.13. The molecule has 0 N–H and O–H groups in total. The highest BCUT2D eigenvalue weighted by molar-refractivity contribution is 7.16. The molecule has 0 aliphatic rings. The molecule has 0 amide bonds. The predicted molar refractivity (Wildman–Crippen MR) is 64.5 cm³/mol. The number of hydrogen-bond donors (Lipinski definition) is 0. The Hall–Kier alpha value is -2.09. The second-order valence-corrected chi connectivity index (χ2v) is 4.20. The smallest absolute Gasteiger partial charge is 0.351 e. The molecule has 0 aliphatic carbocycles. The van der Waals surface area contributed by atoms with Crippen molar-refractivity contribution < 1.29 is 33.3 Å². The fourth-order valence-electron chi connectivity index (χ4n) is 1.11. The van der Waals surface area contributed by atoms with Crippen LogP contribution in [-0.4, -0.2) is 45.8 Å². The first-order chi connectivity index (χ1) is 9.03. The highest BCUT2D eigenvalue weighted by Crippen LogP contribution is 2.30. The molecule has 0 spiro atoms. The highest BCUT2D eigenvalue weighted by atomic mass is 32.1. The van der Waals surface area contributed by atoms with Crippen LogP contribution in [0.5, 0.6) is 5.75 Å². The average molecular weight is 288 g/mol. The van der Waals surface area contributed by atoms with Crippen LogP contribution < -0.4 is 4.74 Å². The molecule has 8 heteroatoms. The molecule has 0 bridgehead atoms. The molecule has 0 saturated heterocycles. The Morgan fingerprint density at radius 3 is 2.21 bits per heavy atom. The molecule has 0 aliphatic heterocycles. The standard InChI is InChI=1S/C11H12O7S/c1-15-8(12)5-18-6-4-7(10(13)16-2)19-9(6)11(14)17-3/h4H,5H2,1-3H3. The molecule has 19 heavy (non-hydrogen) atoms. The maximum absolute atomic E-state index is 11.5. The first-order valence-corrected chi connectivity index (χ1v) is 5.85. The fourth-order valence-corrected chi connectivity index (χ4v) is 2.05. The van der Waals surface area contributed by atoms with Crippen LogP contribution >= 0.6 is 11.3 Å². The van der Waals surface area contributed by atoms with Gasteiger partial charge in [0.1, 0.15) is 10.6 Å². The normalized spacial score (nSPS) is 9.63. The summed E-state index contributed by atoms with van der Waals surface area (Å²) in [5.74, 6) is -1.81. The van der Waals surface area contributed by atoms with Gasteiger partial charge in [-0.25, -0.2) is 14.4 Å². The van der Waals surface area contributed by atoms with Gasteiger partial charge in [0, 0.05) is 6.07 Å². The van der Waals surface area contributed by atoms with E-state index in [0.29, 0.717) is 0 Å². The molecule has 0 aromatic carbocycles. The second kappa shape index (κ2) is 6.74. The van der Waals surface area contributed by atoms with Gasteiger partial charge >= 0.3 is 17.9 Å². The van der Waals surface area contributed by atoms with E-state index in [1.54, 1.807) is 0 Å². The quantitative estimate of drug-likeness (QED) is 0.586. The summed E-state index contributed by atoms with van der Waals surface area (Å²) in [5, 5.41) is 0. The van der Waals surface area contributed by atoms with Crippen molar-refractivity contribution in [3.8, 4) is 5.75 Å². The van der Waals surface area contributed by atoms with E-state index >= 15 is 0 Å². The summed E-state index contributed by atoms with van der Waals surface area (Å²) >= 11 is 0.858. The van der Waals surface area contributed by atoms with Gasteiger partial charge in [0.25, 0.3) is 0 Å². The predicted octanol–water partition coefficient (Wildman–Crippen LogP) is 0.873. The van der Waals surface area contributed by atoms with Crippen LogP contribution in [0.1, 0.15) is 19.3 Å². The zero-order valence-electron chi connectivity index (χ0n) is 10.6. The van der Waals surface area contributed by atoms with Crippen molar-refractivity contribution in [2.75, 3.05) is 27.9 Å². The van der Waals surface area contributed by atoms with Crippen LogP contribution in [0.15, 0.2) is 6.07 Å². The number of rotatable bonds is 5. The average Bonchev–Trinajstić information content (AvgIpc) is 2.86. The molecule has 1 heterocycles. The molecule has 104 valence electrons. The Bertz CT molecular complexity index is 491. The van der Waals surface area contributed by atoms with Crippen LogP contribution in [0.4, 0.5) is 0 Å². The van der Waals surface area contributed by atoms with Crippen molar-refractivity contribution in [3.05, 3.63) is 15.8 Å². The van der Waals surface area contributed by atoms with Crippen LogP contribution in [0.3, 0.4) is 0 Å². The first kappa shape index (κ1) is 15.0. The monoisotopic (exact) mass is 288 g/mol. The van der Waals surface area contributed by atoms with Crippen molar-refractivity contribution in [1.29, 1.82) is 0 Å². The van der Waals surface area contributed by atoms with Gasteiger partial charge in [0.05, 0.1) is 21.3 Å². The third-order valence-electron chi connectivity index (χ3n) is 2.03. The van der Waals surface area contributed by atoms with E-state index in [0.717, 1.165) is 11.3 Å². The lowest BCUT2D eigenvalue weighted by atomic mass is 10.4. The van der Waals surface area contributed by atoms with E-state index in [9.17, 15) is 14.4 Å². The van der Waals surface area contributed by atoms with Gasteiger partial charge in [0.2, 0.25) is 0 Å². The van der Waals surface area contributed by atoms with Gasteiger partial charge in [0.15, 0.2) is 11.5 Å². The number of thiophene rings is 1. The molecular weight excluding hydrogens is 276 g/mol. The lowest BCUT2D eigenvalue weighted by Gasteiger charge is -2.04. The summed E-state index contributed by atoms with van der Waals surface area (Å²) < 4.78 is 18.6. The Morgan fingerprint density at radius 2 is 1.68 bits per heavy atom. The zero-order chi connectivity index (χ0) is 14.4. The first-order valence-electron chi connectivity index (χ1n) is 5.03. The lowest BCUT2D eigenvalue weighted by molar-refractivity contribution is -0.142. The number of methoxy groups -OCH3 is 3. The molecule has 1 aromatic rings. The Kier molecular flexibility index (Phi) is 5.31. The number of ether oxygens (including phenoxy) is 4. The van der Waals surface area contributed by atoms with E-state index in [4.69, 9.17) is 4.74 Å². The van der Waals surface area contributed by atoms with Crippen LogP contribution in [0, 0.1) is 0 Å². The summed E-state index contributed by atoms with van der Waals surface area (Å²) in [4.78, 5) is 34.1. The molecule has 0 fully saturated rings. The minimum absolute atomic E-state index is 0.0719. The maximum Gasteiger partial charge on any atom is 0.351 e. The zero-order valence-corrected chi connectivity index (χ0v) is 11.4. The summed E-state index contributed by atoms with van der Waals surface area (Å²) in [6, 6.07) is 1.31. The highest BCUT2D eigenvalue weighted by Gasteiger charge is 2.22. The topological polar surface area (TPSA) is 88.1 Å².